The topological polar surface area (TPSA) is 104 Å². The Kier molecular flexibility index (Phi) is 6.60. The van der Waals surface area contributed by atoms with E-state index in [2.05, 4.69) is 10.4 Å². The molecule has 1 unspecified atom stereocenters. The predicted octanol–water partition coefficient (Wildman–Crippen LogP) is 4.98. The Morgan fingerprint density at radius 1 is 1.00 bits per heavy atom. The number of hydrogen-bond acceptors (Lipinski definition) is 4. The summed E-state index contributed by atoms with van der Waals surface area (Å²) in [4.78, 5) is 24.3. The molecule has 0 saturated heterocycles. The standard InChI is InChI=1S/C25H19ClFN3O4/c26-18-4-2-6-20(12-18)30-23(31)13-22(29-30)25(34)28-21(14-24(32)33)16-9-7-15(8-10-16)17-3-1-5-19(27)11-17/h1-13,21,31H,14H2,(H,28,34)(H,32,33). The molecule has 1 heterocycles. The predicted molar refractivity (Wildman–Crippen MR) is 125 cm³/mol. The lowest BCUT2D eigenvalue weighted by molar-refractivity contribution is -0.137. The van der Waals surface area contributed by atoms with Crippen molar-refractivity contribution in [1.29, 1.82) is 0 Å². The Balaban J connectivity index is 1.56. The van der Waals surface area contributed by atoms with E-state index in [1.165, 1.54) is 18.2 Å². The third kappa shape index (κ3) is 5.24. The van der Waals surface area contributed by atoms with Crippen molar-refractivity contribution in [2.75, 3.05) is 0 Å². The van der Waals surface area contributed by atoms with Gasteiger partial charge in [-0.05, 0) is 47.0 Å². The van der Waals surface area contributed by atoms with Gasteiger partial charge in [0.2, 0.25) is 5.88 Å². The SMILES string of the molecule is O=C(O)CC(NC(=O)c1cc(O)n(-c2cccc(Cl)c2)n1)c1ccc(-c2cccc(F)c2)cc1. The smallest absolute Gasteiger partial charge is 0.305 e. The number of nitrogens with one attached hydrogen (secondary N) is 1. The van der Waals surface area contributed by atoms with Gasteiger partial charge in [-0.25, -0.2) is 9.07 Å². The van der Waals surface area contributed by atoms with Crippen molar-refractivity contribution in [2.45, 2.75) is 12.5 Å². The molecule has 3 N–H and O–H groups in total. The maximum atomic E-state index is 13.5. The lowest BCUT2D eigenvalue weighted by Crippen LogP contribution is -2.30. The van der Waals surface area contributed by atoms with Crippen LogP contribution < -0.4 is 5.32 Å². The Morgan fingerprint density at radius 3 is 2.41 bits per heavy atom. The van der Waals surface area contributed by atoms with Crippen LogP contribution >= 0.6 is 11.6 Å². The Morgan fingerprint density at radius 2 is 1.74 bits per heavy atom. The molecule has 9 heteroatoms. The number of amides is 1. The summed E-state index contributed by atoms with van der Waals surface area (Å²) in [5.41, 5.74) is 2.33. The highest BCUT2D eigenvalue weighted by atomic mass is 35.5. The molecular formula is C25H19ClFN3O4. The Hall–Kier alpha value is -4.17. The fraction of sp³-hybridized carbons (Fsp3) is 0.0800. The molecule has 0 saturated carbocycles. The molecule has 1 atom stereocenters. The number of rotatable bonds is 7. The molecule has 0 radical (unpaired) electrons. The molecule has 1 amide bonds. The molecule has 0 aliphatic rings. The van der Waals surface area contributed by atoms with Crippen LogP contribution in [0.5, 0.6) is 5.88 Å². The van der Waals surface area contributed by atoms with Gasteiger partial charge in [0.05, 0.1) is 18.2 Å². The molecule has 0 aliphatic heterocycles. The van der Waals surface area contributed by atoms with E-state index in [9.17, 15) is 24.2 Å². The van der Waals surface area contributed by atoms with Crippen LogP contribution in [0.4, 0.5) is 4.39 Å². The van der Waals surface area contributed by atoms with Gasteiger partial charge >= 0.3 is 5.97 Å². The zero-order valence-corrected chi connectivity index (χ0v) is 18.4. The number of halogens is 2. The highest BCUT2D eigenvalue weighted by molar-refractivity contribution is 6.30. The molecule has 7 nitrogen and oxygen atoms in total. The van der Waals surface area contributed by atoms with Gasteiger partial charge in [0, 0.05) is 11.1 Å². The summed E-state index contributed by atoms with van der Waals surface area (Å²) in [5, 5.41) is 26.8. The second kappa shape index (κ2) is 9.76. The van der Waals surface area contributed by atoms with Gasteiger partial charge in [0.1, 0.15) is 5.82 Å². The number of carbonyl (C=O) groups is 2. The van der Waals surface area contributed by atoms with Gasteiger partial charge in [-0.3, -0.25) is 9.59 Å². The van der Waals surface area contributed by atoms with E-state index in [1.54, 1.807) is 60.7 Å². The molecule has 4 aromatic rings. The summed E-state index contributed by atoms with van der Waals surface area (Å²) in [6.07, 6.45) is -0.369. The van der Waals surface area contributed by atoms with Gasteiger partial charge in [-0.1, -0.05) is 54.1 Å². The van der Waals surface area contributed by atoms with E-state index in [4.69, 9.17) is 11.6 Å². The van der Waals surface area contributed by atoms with Crippen LogP contribution in [0.25, 0.3) is 16.8 Å². The summed E-state index contributed by atoms with van der Waals surface area (Å²) >= 11 is 5.98. The van der Waals surface area contributed by atoms with Crippen molar-refractivity contribution >= 4 is 23.5 Å². The van der Waals surface area contributed by atoms with Gasteiger partial charge in [-0.15, -0.1) is 0 Å². The van der Waals surface area contributed by atoms with Crippen molar-refractivity contribution in [3.05, 3.63) is 101 Å². The van der Waals surface area contributed by atoms with Crippen LogP contribution in [0, 0.1) is 5.82 Å². The van der Waals surface area contributed by atoms with E-state index in [0.29, 0.717) is 21.8 Å². The van der Waals surface area contributed by atoms with E-state index < -0.39 is 17.9 Å². The number of hydrogen-bond donors (Lipinski definition) is 3. The number of nitrogens with zero attached hydrogens (tertiary/aromatic N) is 2. The molecule has 0 aliphatic carbocycles. The number of carbonyl (C=O) groups excluding carboxylic acids is 1. The van der Waals surface area contributed by atoms with Crippen molar-refractivity contribution in [2.24, 2.45) is 0 Å². The first-order valence-electron chi connectivity index (χ1n) is 10.2. The first-order chi connectivity index (χ1) is 16.3. The van der Waals surface area contributed by atoms with E-state index in [-0.39, 0.29) is 23.8 Å². The van der Waals surface area contributed by atoms with Crippen molar-refractivity contribution < 1.29 is 24.2 Å². The van der Waals surface area contributed by atoms with Crippen LogP contribution in [0.2, 0.25) is 5.02 Å². The number of benzene rings is 3. The monoisotopic (exact) mass is 479 g/mol. The summed E-state index contributed by atoms with van der Waals surface area (Å²) in [6.45, 7) is 0. The molecule has 4 rings (SSSR count). The van der Waals surface area contributed by atoms with Crippen molar-refractivity contribution in [1.82, 2.24) is 15.1 Å². The molecule has 0 spiro atoms. The molecular weight excluding hydrogens is 461 g/mol. The zero-order valence-electron chi connectivity index (χ0n) is 17.7. The van der Waals surface area contributed by atoms with Crippen molar-refractivity contribution in [3.63, 3.8) is 0 Å². The number of carboxylic acid groups (broad SMARTS) is 1. The van der Waals surface area contributed by atoms with Crippen LogP contribution in [0.3, 0.4) is 0 Å². The number of aromatic nitrogens is 2. The molecule has 34 heavy (non-hydrogen) atoms. The molecule has 172 valence electrons. The van der Waals surface area contributed by atoms with Crippen LogP contribution in [-0.2, 0) is 4.79 Å². The fourth-order valence-corrected chi connectivity index (χ4v) is 3.70. The lowest BCUT2D eigenvalue weighted by atomic mass is 9.99. The maximum absolute atomic E-state index is 13.5. The van der Waals surface area contributed by atoms with E-state index in [1.807, 2.05) is 0 Å². The first-order valence-corrected chi connectivity index (χ1v) is 10.6. The minimum Gasteiger partial charge on any atom is -0.493 e. The minimum atomic E-state index is -1.10. The van der Waals surface area contributed by atoms with E-state index >= 15 is 0 Å². The number of aliphatic carboxylic acids is 1. The van der Waals surface area contributed by atoms with Crippen LogP contribution in [-0.4, -0.2) is 31.9 Å². The lowest BCUT2D eigenvalue weighted by Gasteiger charge is -2.17. The van der Waals surface area contributed by atoms with Gasteiger partial charge in [-0.2, -0.15) is 5.10 Å². The number of carboxylic acids is 1. The van der Waals surface area contributed by atoms with E-state index in [0.717, 1.165) is 10.2 Å². The second-order valence-corrected chi connectivity index (χ2v) is 7.97. The van der Waals surface area contributed by atoms with Crippen LogP contribution in [0.1, 0.15) is 28.5 Å². The zero-order chi connectivity index (χ0) is 24.2. The van der Waals surface area contributed by atoms with Crippen molar-refractivity contribution in [3.8, 4) is 22.7 Å². The summed E-state index contributed by atoms with van der Waals surface area (Å²) in [5.74, 6) is -2.40. The Labute approximate surface area is 199 Å². The average molecular weight is 480 g/mol. The molecule has 0 fully saturated rings. The van der Waals surface area contributed by atoms with Gasteiger partial charge in [0.25, 0.3) is 5.91 Å². The normalized spacial score (nSPS) is 11.7. The first kappa shape index (κ1) is 23.0. The number of aromatic hydroxyl groups is 1. The molecule has 3 aromatic carbocycles. The summed E-state index contributed by atoms with van der Waals surface area (Å²) in [6, 6.07) is 19.8. The Bertz CT molecular complexity index is 1350. The largest absolute Gasteiger partial charge is 0.493 e. The van der Waals surface area contributed by atoms with Gasteiger partial charge < -0.3 is 15.5 Å². The highest BCUT2D eigenvalue weighted by Crippen LogP contribution is 2.25. The second-order valence-electron chi connectivity index (χ2n) is 7.54. The quantitative estimate of drug-likeness (QED) is 0.346. The minimum absolute atomic E-state index is 0.0933. The third-order valence-electron chi connectivity index (χ3n) is 5.13. The molecule has 0 bridgehead atoms. The maximum Gasteiger partial charge on any atom is 0.305 e. The molecule has 1 aromatic heterocycles. The average Bonchev–Trinajstić information content (AvgIpc) is 3.20. The summed E-state index contributed by atoms with van der Waals surface area (Å²) in [7, 11) is 0. The third-order valence-corrected chi connectivity index (χ3v) is 5.37. The highest BCUT2D eigenvalue weighted by Gasteiger charge is 2.22. The van der Waals surface area contributed by atoms with Crippen LogP contribution in [0.15, 0.2) is 78.9 Å². The summed E-state index contributed by atoms with van der Waals surface area (Å²) < 4.78 is 14.7. The van der Waals surface area contributed by atoms with Gasteiger partial charge in [0.15, 0.2) is 5.69 Å². The fourth-order valence-electron chi connectivity index (χ4n) is 3.52.